The zero-order valence-electron chi connectivity index (χ0n) is 8.48. The molecule has 0 atom stereocenters. The van der Waals surface area contributed by atoms with Crippen LogP contribution in [0, 0.1) is 6.92 Å². The molecule has 1 rings (SSSR count). The average Bonchev–Trinajstić information content (AvgIpc) is 2.17. The van der Waals surface area contributed by atoms with Crippen LogP contribution in [0.1, 0.15) is 11.4 Å². The third-order valence-electron chi connectivity index (χ3n) is 2.01. The van der Waals surface area contributed by atoms with Gasteiger partial charge in [0, 0.05) is 25.5 Å². The first-order valence-corrected chi connectivity index (χ1v) is 4.72. The van der Waals surface area contributed by atoms with Crippen LogP contribution in [0.3, 0.4) is 0 Å². The summed E-state index contributed by atoms with van der Waals surface area (Å²) in [5, 5.41) is 8.78. The molecule has 0 unspecified atom stereocenters. The Balaban J connectivity index is 2.57. The molecule has 0 spiro atoms. The number of hydrogen-bond acceptors (Lipinski definition) is 4. The summed E-state index contributed by atoms with van der Waals surface area (Å²) in [6.45, 7) is 3.81. The predicted molar refractivity (Wildman–Crippen MR) is 55.5 cm³/mol. The van der Waals surface area contributed by atoms with Gasteiger partial charge in [0.1, 0.15) is 0 Å². The molecule has 0 aliphatic carbocycles. The molecule has 4 heteroatoms. The van der Waals surface area contributed by atoms with Crippen LogP contribution in [-0.4, -0.2) is 34.8 Å². The molecule has 1 aromatic heterocycles. The molecule has 14 heavy (non-hydrogen) atoms. The molecule has 3 N–H and O–H groups in total. The lowest BCUT2D eigenvalue weighted by Crippen LogP contribution is -2.32. The van der Waals surface area contributed by atoms with E-state index in [1.807, 2.05) is 30.0 Å². The van der Waals surface area contributed by atoms with Crippen molar-refractivity contribution in [1.82, 2.24) is 9.88 Å². The van der Waals surface area contributed by atoms with Gasteiger partial charge in [-0.05, 0) is 19.1 Å². The number of aromatic nitrogens is 1. The predicted octanol–water partition coefficient (Wildman–Crippen LogP) is 0.101. The molecule has 0 fully saturated rings. The number of rotatable bonds is 5. The quantitative estimate of drug-likeness (QED) is 0.654. The van der Waals surface area contributed by atoms with Crippen LogP contribution >= 0.6 is 0 Å². The van der Waals surface area contributed by atoms with Crippen molar-refractivity contribution in [2.75, 3.05) is 19.8 Å². The molecule has 4 nitrogen and oxygen atoms in total. The molecular weight excluding hydrogens is 178 g/mol. The fourth-order valence-electron chi connectivity index (χ4n) is 1.29. The third kappa shape index (κ3) is 3.41. The highest BCUT2D eigenvalue weighted by Crippen LogP contribution is 2.01. The minimum Gasteiger partial charge on any atom is -0.395 e. The molecular formula is C10H17N3O. The Morgan fingerprint density at radius 3 is 2.86 bits per heavy atom. The van der Waals surface area contributed by atoms with Crippen molar-refractivity contribution >= 4 is 0 Å². The molecule has 0 radical (unpaired) electrons. The van der Waals surface area contributed by atoms with Crippen molar-refractivity contribution in [3.05, 3.63) is 29.6 Å². The van der Waals surface area contributed by atoms with Crippen molar-refractivity contribution in [3.8, 4) is 0 Å². The van der Waals surface area contributed by atoms with Crippen molar-refractivity contribution in [3.63, 3.8) is 0 Å². The normalized spacial score (nSPS) is 10.9. The van der Waals surface area contributed by atoms with Gasteiger partial charge in [-0.2, -0.15) is 0 Å². The van der Waals surface area contributed by atoms with E-state index in [0.717, 1.165) is 11.4 Å². The van der Waals surface area contributed by atoms with Crippen LogP contribution in [0.25, 0.3) is 0 Å². The zero-order valence-corrected chi connectivity index (χ0v) is 8.48. The summed E-state index contributed by atoms with van der Waals surface area (Å²) < 4.78 is 0. The van der Waals surface area contributed by atoms with Crippen molar-refractivity contribution in [2.45, 2.75) is 13.5 Å². The molecule has 1 heterocycles. The number of hydrogen-bond donors (Lipinski definition) is 2. The number of pyridine rings is 1. The molecule has 0 aliphatic heterocycles. The Morgan fingerprint density at radius 1 is 1.50 bits per heavy atom. The molecule has 0 aromatic carbocycles. The number of nitrogens with two attached hydrogens (primary N) is 1. The van der Waals surface area contributed by atoms with Gasteiger partial charge in [-0.1, -0.05) is 6.07 Å². The monoisotopic (exact) mass is 195 g/mol. The first kappa shape index (κ1) is 11.1. The molecule has 0 saturated carbocycles. The number of nitrogens with zero attached hydrogens (tertiary/aromatic N) is 2. The summed E-state index contributed by atoms with van der Waals surface area (Å²) in [6.07, 6.45) is 0. The van der Waals surface area contributed by atoms with Gasteiger partial charge in [-0.15, -0.1) is 0 Å². The average molecular weight is 195 g/mol. The standard InChI is InChI=1S/C10H17N3O/c1-9-3-2-4-10(12-9)7-13(8-11)5-6-14/h2-4,14H,5-8,11H2,1H3. The highest BCUT2D eigenvalue weighted by Gasteiger charge is 2.03. The first-order chi connectivity index (χ1) is 6.76. The minimum absolute atomic E-state index is 0.128. The number of aliphatic hydroxyl groups is 1. The van der Waals surface area contributed by atoms with Gasteiger partial charge in [-0.3, -0.25) is 9.88 Å². The van der Waals surface area contributed by atoms with E-state index in [0.29, 0.717) is 19.8 Å². The molecule has 0 saturated heterocycles. The highest BCUT2D eigenvalue weighted by atomic mass is 16.3. The van der Waals surface area contributed by atoms with E-state index in [4.69, 9.17) is 10.8 Å². The lowest BCUT2D eigenvalue weighted by molar-refractivity contribution is 0.192. The van der Waals surface area contributed by atoms with E-state index in [1.165, 1.54) is 0 Å². The molecule has 0 bridgehead atoms. The topological polar surface area (TPSA) is 62.4 Å². The maximum atomic E-state index is 8.78. The van der Waals surface area contributed by atoms with Crippen LogP contribution in [-0.2, 0) is 6.54 Å². The van der Waals surface area contributed by atoms with E-state index >= 15 is 0 Å². The Hall–Kier alpha value is -0.970. The van der Waals surface area contributed by atoms with Gasteiger partial charge in [0.25, 0.3) is 0 Å². The van der Waals surface area contributed by atoms with E-state index in [2.05, 4.69) is 4.98 Å². The van der Waals surface area contributed by atoms with Gasteiger partial charge in [0.2, 0.25) is 0 Å². The SMILES string of the molecule is Cc1cccc(CN(CN)CCO)n1. The summed E-state index contributed by atoms with van der Waals surface area (Å²) in [4.78, 5) is 6.31. The molecule has 0 amide bonds. The molecule has 0 aliphatic rings. The minimum atomic E-state index is 0.128. The third-order valence-corrected chi connectivity index (χ3v) is 2.01. The van der Waals surface area contributed by atoms with Crippen LogP contribution in [0.15, 0.2) is 18.2 Å². The maximum Gasteiger partial charge on any atom is 0.0559 e. The summed E-state index contributed by atoms with van der Waals surface area (Å²) in [5.41, 5.74) is 7.52. The number of aliphatic hydroxyl groups excluding tert-OH is 1. The Kier molecular flexibility index (Phi) is 4.52. The Bertz CT molecular complexity index is 278. The van der Waals surface area contributed by atoms with Gasteiger partial charge in [-0.25, -0.2) is 0 Å². The van der Waals surface area contributed by atoms with Crippen LogP contribution in [0.2, 0.25) is 0 Å². The summed E-state index contributed by atoms with van der Waals surface area (Å²) >= 11 is 0. The first-order valence-electron chi connectivity index (χ1n) is 4.72. The second kappa shape index (κ2) is 5.70. The fourth-order valence-corrected chi connectivity index (χ4v) is 1.29. The van der Waals surface area contributed by atoms with E-state index in [9.17, 15) is 0 Å². The second-order valence-corrected chi connectivity index (χ2v) is 3.23. The van der Waals surface area contributed by atoms with Gasteiger partial charge in [0.15, 0.2) is 0 Å². The van der Waals surface area contributed by atoms with Crippen molar-refractivity contribution in [2.24, 2.45) is 5.73 Å². The van der Waals surface area contributed by atoms with Crippen LogP contribution in [0.5, 0.6) is 0 Å². The largest absolute Gasteiger partial charge is 0.395 e. The zero-order chi connectivity index (χ0) is 10.4. The van der Waals surface area contributed by atoms with Gasteiger partial charge < -0.3 is 10.8 Å². The Labute approximate surface area is 84.4 Å². The summed E-state index contributed by atoms with van der Waals surface area (Å²) in [7, 11) is 0. The van der Waals surface area contributed by atoms with Crippen molar-refractivity contribution in [1.29, 1.82) is 0 Å². The Morgan fingerprint density at radius 2 is 2.29 bits per heavy atom. The fraction of sp³-hybridized carbons (Fsp3) is 0.500. The van der Waals surface area contributed by atoms with Crippen molar-refractivity contribution < 1.29 is 5.11 Å². The maximum absolute atomic E-state index is 8.78. The van der Waals surface area contributed by atoms with E-state index < -0.39 is 0 Å². The molecule has 1 aromatic rings. The smallest absolute Gasteiger partial charge is 0.0559 e. The van der Waals surface area contributed by atoms with Crippen LogP contribution < -0.4 is 5.73 Å². The summed E-state index contributed by atoms with van der Waals surface area (Å²) in [5.74, 6) is 0. The highest BCUT2D eigenvalue weighted by molar-refractivity contribution is 5.09. The lowest BCUT2D eigenvalue weighted by atomic mass is 10.3. The second-order valence-electron chi connectivity index (χ2n) is 3.23. The number of aryl methyl sites for hydroxylation is 1. The summed E-state index contributed by atoms with van der Waals surface area (Å²) in [6, 6.07) is 5.90. The van der Waals surface area contributed by atoms with E-state index in [-0.39, 0.29) is 6.61 Å². The van der Waals surface area contributed by atoms with Gasteiger partial charge >= 0.3 is 0 Å². The molecule has 78 valence electrons. The van der Waals surface area contributed by atoms with E-state index in [1.54, 1.807) is 0 Å². The van der Waals surface area contributed by atoms with Gasteiger partial charge in [0.05, 0.1) is 12.3 Å². The lowest BCUT2D eigenvalue weighted by Gasteiger charge is -2.18. The van der Waals surface area contributed by atoms with Crippen LogP contribution in [0.4, 0.5) is 0 Å².